The van der Waals surface area contributed by atoms with Gasteiger partial charge in [-0.25, -0.2) is 10.9 Å². The molecule has 1 saturated carbocycles. The molecule has 7 unspecified atom stereocenters. The van der Waals surface area contributed by atoms with Crippen molar-refractivity contribution in [1.29, 1.82) is 0 Å². The molecular formula is C22H42N8O2. The van der Waals surface area contributed by atoms with Gasteiger partial charge in [-0.1, -0.05) is 12.8 Å². The van der Waals surface area contributed by atoms with Crippen LogP contribution in [0.25, 0.3) is 0 Å². The maximum atomic E-state index is 13.0. The molecule has 0 radical (unpaired) electrons. The Morgan fingerprint density at radius 3 is 2.88 bits per heavy atom. The second-order valence-electron chi connectivity index (χ2n) is 10.3. The Bertz CT molecular complexity index is 633. The summed E-state index contributed by atoms with van der Waals surface area (Å²) in [6.07, 6.45) is 8.73. The topological polar surface area (TPSA) is 114 Å². The first-order valence-corrected chi connectivity index (χ1v) is 12.7. The van der Waals surface area contributed by atoms with E-state index in [-0.39, 0.29) is 36.4 Å². The van der Waals surface area contributed by atoms with E-state index in [0.29, 0.717) is 24.7 Å². The Kier molecular flexibility index (Phi) is 7.60. The van der Waals surface area contributed by atoms with Crippen molar-refractivity contribution in [2.45, 2.75) is 81.6 Å². The molecule has 4 saturated heterocycles. The number of carbonyl (C=O) groups excluding carboxylic acids is 1. The van der Waals surface area contributed by atoms with Crippen molar-refractivity contribution < 1.29 is 9.53 Å². The molecule has 4 heterocycles. The summed E-state index contributed by atoms with van der Waals surface area (Å²) in [5, 5.41) is 17.4. The molecule has 5 rings (SSSR count). The fraction of sp³-hybridized carbons (Fsp3) is 0.955. The van der Waals surface area contributed by atoms with Crippen molar-refractivity contribution in [3.63, 3.8) is 0 Å². The van der Waals surface area contributed by atoms with Crippen LogP contribution in [0.3, 0.4) is 0 Å². The minimum atomic E-state index is 0.0652. The second kappa shape index (κ2) is 10.6. The Hall–Kier alpha value is -0.850. The normalized spacial score (nSPS) is 43.2. The van der Waals surface area contributed by atoms with E-state index in [0.717, 1.165) is 52.0 Å². The minimum Gasteiger partial charge on any atom is -0.376 e. The van der Waals surface area contributed by atoms with Gasteiger partial charge in [0, 0.05) is 31.1 Å². The van der Waals surface area contributed by atoms with Crippen molar-refractivity contribution in [3.05, 3.63) is 0 Å². The molecule has 5 aliphatic rings. The van der Waals surface area contributed by atoms with Gasteiger partial charge < -0.3 is 20.7 Å². The average molecular weight is 451 g/mol. The number of nitrogens with zero attached hydrogens (tertiary/aromatic N) is 1. The van der Waals surface area contributed by atoms with Gasteiger partial charge in [0.15, 0.2) is 0 Å². The summed E-state index contributed by atoms with van der Waals surface area (Å²) in [6, 6.07) is 0.639. The zero-order valence-corrected chi connectivity index (χ0v) is 19.4. The zero-order valence-electron chi connectivity index (χ0n) is 19.4. The molecule has 0 aromatic heterocycles. The van der Waals surface area contributed by atoms with E-state index in [1.165, 1.54) is 19.3 Å². The first-order chi connectivity index (χ1) is 15.7. The van der Waals surface area contributed by atoms with Crippen molar-refractivity contribution in [1.82, 2.24) is 42.3 Å². The highest BCUT2D eigenvalue weighted by atomic mass is 16.5. The molecule has 10 heteroatoms. The van der Waals surface area contributed by atoms with E-state index in [9.17, 15) is 4.79 Å². The molecule has 0 aromatic rings. The standard InChI is InChI=1S/C22H42N8O2/c1-30-20(28-29-21(30)16-7-8-23-13-26-16)11-25-19-10-14(6-9-24-19)22(31)27-17-12-32-18-5-3-2-4-15(17)18/h14-21,23-26,28-29H,2-13H2,1H3,(H,27,31)/t14?,15?,16?,17-,18?,19?,20?,21?/m1/s1. The molecule has 4 aliphatic heterocycles. The molecule has 5 fully saturated rings. The molecule has 1 amide bonds. The fourth-order valence-corrected chi connectivity index (χ4v) is 6.24. The highest BCUT2D eigenvalue weighted by Crippen LogP contribution is 2.34. The number of hydrogen-bond acceptors (Lipinski definition) is 9. The van der Waals surface area contributed by atoms with Crippen LogP contribution in [0.1, 0.15) is 44.9 Å². The van der Waals surface area contributed by atoms with Gasteiger partial charge >= 0.3 is 0 Å². The monoisotopic (exact) mass is 450 g/mol. The van der Waals surface area contributed by atoms with Gasteiger partial charge in [-0.05, 0) is 52.2 Å². The summed E-state index contributed by atoms with van der Waals surface area (Å²) >= 11 is 0. The van der Waals surface area contributed by atoms with Crippen LogP contribution in [0.4, 0.5) is 0 Å². The van der Waals surface area contributed by atoms with E-state index >= 15 is 0 Å². The zero-order chi connectivity index (χ0) is 21.9. The van der Waals surface area contributed by atoms with Crippen LogP contribution in [0.15, 0.2) is 0 Å². The number of fused-ring (bicyclic) bond motifs is 1. The van der Waals surface area contributed by atoms with Crippen molar-refractivity contribution >= 4 is 5.91 Å². The summed E-state index contributed by atoms with van der Waals surface area (Å²) in [6.45, 7) is 4.29. The molecule has 10 nitrogen and oxygen atoms in total. The van der Waals surface area contributed by atoms with Crippen molar-refractivity contribution in [3.8, 4) is 0 Å². The summed E-state index contributed by atoms with van der Waals surface area (Å²) < 4.78 is 5.97. The molecule has 1 aliphatic carbocycles. The van der Waals surface area contributed by atoms with E-state index in [1.807, 2.05) is 0 Å². The lowest BCUT2D eigenvalue weighted by molar-refractivity contribution is -0.127. The van der Waals surface area contributed by atoms with Gasteiger partial charge in [0.25, 0.3) is 0 Å². The third-order valence-electron chi connectivity index (χ3n) is 8.25. The third kappa shape index (κ3) is 5.12. The predicted molar refractivity (Wildman–Crippen MR) is 122 cm³/mol. The van der Waals surface area contributed by atoms with Crippen LogP contribution >= 0.6 is 0 Å². The number of piperidine rings is 1. The smallest absolute Gasteiger partial charge is 0.223 e. The summed E-state index contributed by atoms with van der Waals surface area (Å²) in [5.74, 6) is 0.797. The van der Waals surface area contributed by atoms with Crippen LogP contribution in [0.5, 0.6) is 0 Å². The Morgan fingerprint density at radius 1 is 1.09 bits per heavy atom. The van der Waals surface area contributed by atoms with E-state index < -0.39 is 0 Å². The number of likely N-dealkylation sites (N-methyl/N-ethyl adjacent to an activating group) is 1. The van der Waals surface area contributed by atoms with E-state index in [1.54, 1.807) is 0 Å². The Balaban J connectivity index is 1.06. The lowest BCUT2D eigenvalue weighted by Crippen LogP contribution is -2.58. The number of amides is 1. The highest BCUT2D eigenvalue weighted by molar-refractivity contribution is 5.79. The van der Waals surface area contributed by atoms with E-state index in [4.69, 9.17) is 4.74 Å². The van der Waals surface area contributed by atoms with E-state index in [2.05, 4.69) is 49.4 Å². The number of hydrazine groups is 1. The maximum absolute atomic E-state index is 13.0. The first-order valence-electron chi connectivity index (χ1n) is 12.7. The number of hydrogen-bond donors (Lipinski definition) is 7. The highest BCUT2D eigenvalue weighted by Gasteiger charge is 2.41. The van der Waals surface area contributed by atoms with Crippen molar-refractivity contribution in [2.24, 2.45) is 11.8 Å². The lowest BCUT2D eigenvalue weighted by Gasteiger charge is -2.35. The van der Waals surface area contributed by atoms with Gasteiger partial charge in [0.1, 0.15) is 0 Å². The van der Waals surface area contributed by atoms with Crippen molar-refractivity contribution in [2.75, 3.05) is 40.0 Å². The third-order valence-corrected chi connectivity index (χ3v) is 8.25. The maximum Gasteiger partial charge on any atom is 0.223 e. The van der Waals surface area contributed by atoms with Gasteiger partial charge in [0.05, 0.1) is 37.3 Å². The first kappa shape index (κ1) is 22.9. The average Bonchev–Trinajstić information content (AvgIpc) is 3.42. The van der Waals surface area contributed by atoms with Crippen LogP contribution in [0, 0.1) is 11.8 Å². The Labute approximate surface area is 191 Å². The van der Waals surface area contributed by atoms with Gasteiger partial charge in [-0.3, -0.25) is 20.3 Å². The molecule has 8 atom stereocenters. The van der Waals surface area contributed by atoms with Crippen LogP contribution < -0.4 is 37.4 Å². The SMILES string of the molecule is CN1C(CNC2CC(C(=O)N[C@@H]3COC4CCCCC43)CCN2)NNC1C1CCNCN1. The molecule has 182 valence electrons. The summed E-state index contributed by atoms with van der Waals surface area (Å²) in [4.78, 5) is 15.4. The fourth-order valence-electron chi connectivity index (χ4n) is 6.24. The lowest BCUT2D eigenvalue weighted by atomic mass is 9.83. The molecule has 0 spiro atoms. The van der Waals surface area contributed by atoms with Crippen LogP contribution in [0.2, 0.25) is 0 Å². The van der Waals surface area contributed by atoms with Crippen LogP contribution in [-0.4, -0.2) is 87.4 Å². The summed E-state index contributed by atoms with van der Waals surface area (Å²) in [5.41, 5.74) is 6.89. The quantitative estimate of drug-likeness (QED) is 0.262. The predicted octanol–water partition coefficient (Wildman–Crippen LogP) is -1.42. The molecular weight excluding hydrogens is 408 g/mol. The molecule has 0 bridgehead atoms. The Morgan fingerprint density at radius 2 is 2.00 bits per heavy atom. The molecule has 7 N–H and O–H groups in total. The number of rotatable bonds is 6. The van der Waals surface area contributed by atoms with Gasteiger partial charge in [-0.15, -0.1) is 0 Å². The minimum absolute atomic E-state index is 0.0652. The van der Waals surface area contributed by atoms with Gasteiger partial charge in [0.2, 0.25) is 5.91 Å². The molecule has 0 aromatic carbocycles. The van der Waals surface area contributed by atoms with Gasteiger partial charge in [-0.2, -0.15) is 0 Å². The second-order valence-corrected chi connectivity index (χ2v) is 10.3. The largest absolute Gasteiger partial charge is 0.376 e. The summed E-state index contributed by atoms with van der Waals surface area (Å²) in [7, 11) is 2.17. The number of nitrogens with one attached hydrogen (secondary N) is 7. The van der Waals surface area contributed by atoms with Crippen LogP contribution in [-0.2, 0) is 9.53 Å². The molecule has 32 heavy (non-hydrogen) atoms. The number of ether oxygens (including phenoxy) is 1. The number of carbonyl (C=O) groups is 1.